The lowest BCUT2D eigenvalue weighted by atomic mass is 9.99. The first-order valence-electron chi connectivity index (χ1n) is 4.95. The SMILES string of the molecule is CC(C)c1cc(Br)c(F)nc1C1CC1. The second-order valence-corrected chi connectivity index (χ2v) is 5.02. The minimum absolute atomic E-state index is 0.378. The molecule has 0 amide bonds. The van der Waals surface area contributed by atoms with Crippen LogP contribution >= 0.6 is 15.9 Å². The summed E-state index contributed by atoms with van der Waals surface area (Å²) in [4.78, 5) is 4.04. The maximum atomic E-state index is 13.3. The van der Waals surface area contributed by atoms with E-state index in [2.05, 4.69) is 34.8 Å². The molecule has 1 aliphatic rings. The number of halogens is 2. The van der Waals surface area contributed by atoms with E-state index in [1.807, 2.05) is 6.07 Å². The summed E-state index contributed by atoms with van der Waals surface area (Å²) in [5, 5.41) is 0. The van der Waals surface area contributed by atoms with E-state index in [4.69, 9.17) is 0 Å². The molecule has 0 saturated heterocycles. The van der Waals surface area contributed by atoms with Crippen molar-refractivity contribution in [1.29, 1.82) is 0 Å². The van der Waals surface area contributed by atoms with Crippen molar-refractivity contribution in [2.45, 2.75) is 38.5 Å². The van der Waals surface area contributed by atoms with Gasteiger partial charge in [0, 0.05) is 5.92 Å². The van der Waals surface area contributed by atoms with E-state index in [0.717, 1.165) is 18.5 Å². The molecule has 0 atom stereocenters. The third-order valence-electron chi connectivity index (χ3n) is 2.58. The number of nitrogens with zero attached hydrogens (tertiary/aromatic N) is 1. The average Bonchev–Trinajstić information content (AvgIpc) is 2.91. The lowest BCUT2D eigenvalue weighted by molar-refractivity contribution is 0.565. The highest BCUT2D eigenvalue weighted by Crippen LogP contribution is 2.42. The van der Waals surface area contributed by atoms with Crippen molar-refractivity contribution >= 4 is 15.9 Å². The Morgan fingerprint density at radius 3 is 2.64 bits per heavy atom. The minimum atomic E-state index is -0.378. The number of pyridine rings is 1. The van der Waals surface area contributed by atoms with Crippen molar-refractivity contribution in [3.63, 3.8) is 0 Å². The van der Waals surface area contributed by atoms with E-state index in [0.29, 0.717) is 16.3 Å². The van der Waals surface area contributed by atoms with Crippen LogP contribution in [-0.4, -0.2) is 4.98 Å². The van der Waals surface area contributed by atoms with Crippen LogP contribution in [0.3, 0.4) is 0 Å². The minimum Gasteiger partial charge on any atom is -0.223 e. The van der Waals surface area contributed by atoms with Gasteiger partial charge in [0.05, 0.1) is 10.2 Å². The molecule has 0 N–H and O–H groups in total. The van der Waals surface area contributed by atoms with Gasteiger partial charge in [-0.1, -0.05) is 13.8 Å². The third-order valence-corrected chi connectivity index (χ3v) is 3.14. The van der Waals surface area contributed by atoms with E-state index >= 15 is 0 Å². The Kier molecular flexibility index (Phi) is 2.60. The topological polar surface area (TPSA) is 12.9 Å². The van der Waals surface area contributed by atoms with Crippen molar-refractivity contribution in [3.8, 4) is 0 Å². The standard InChI is InChI=1S/C11H13BrFN/c1-6(2)8-5-9(12)11(13)14-10(8)7-3-4-7/h5-7H,3-4H2,1-2H3. The Labute approximate surface area is 91.9 Å². The fraction of sp³-hybridized carbons (Fsp3) is 0.545. The Hall–Kier alpha value is -0.440. The van der Waals surface area contributed by atoms with Crippen LogP contribution in [0.15, 0.2) is 10.5 Å². The number of aromatic nitrogens is 1. The fourth-order valence-electron chi connectivity index (χ4n) is 1.64. The third kappa shape index (κ3) is 1.83. The maximum Gasteiger partial charge on any atom is 0.227 e. The van der Waals surface area contributed by atoms with Crippen molar-refractivity contribution in [2.75, 3.05) is 0 Å². The van der Waals surface area contributed by atoms with Gasteiger partial charge in [-0.3, -0.25) is 0 Å². The molecule has 0 bridgehead atoms. The molecular formula is C11H13BrFN. The van der Waals surface area contributed by atoms with Gasteiger partial charge in [0.1, 0.15) is 0 Å². The van der Waals surface area contributed by atoms with Gasteiger partial charge in [0.25, 0.3) is 0 Å². The molecule has 1 aromatic heterocycles. The zero-order chi connectivity index (χ0) is 10.3. The van der Waals surface area contributed by atoms with Crippen LogP contribution < -0.4 is 0 Å². The molecule has 1 saturated carbocycles. The summed E-state index contributed by atoms with van der Waals surface area (Å²) < 4.78 is 13.7. The van der Waals surface area contributed by atoms with Crippen LogP contribution in [-0.2, 0) is 0 Å². The van der Waals surface area contributed by atoms with Gasteiger partial charge >= 0.3 is 0 Å². The summed E-state index contributed by atoms with van der Waals surface area (Å²) in [7, 11) is 0. The van der Waals surface area contributed by atoms with E-state index in [-0.39, 0.29) is 5.95 Å². The monoisotopic (exact) mass is 257 g/mol. The Balaban J connectivity index is 2.49. The number of hydrogen-bond acceptors (Lipinski definition) is 1. The molecular weight excluding hydrogens is 245 g/mol. The molecule has 1 fully saturated rings. The molecule has 1 heterocycles. The van der Waals surface area contributed by atoms with Crippen molar-refractivity contribution in [2.24, 2.45) is 0 Å². The first kappa shape index (κ1) is 10.1. The van der Waals surface area contributed by atoms with E-state index < -0.39 is 0 Å². The first-order valence-corrected chi connectivity index (χ1v) is 5.74. The molecule has 14 heavy (non-hydrogen) atoms. The predicted octanol–water partition coefficient (Wildman–Crippen LogP) is 3.98. The second kappa shape index (κ2) is 3.61. The smallest absolute Gasteiger partial charge is 0.223 e. The molecule has 1 aromatic rings. The summed E-state index contributed by atoms with van der Waals surface area (Å²) in [5.74, 6) is 0.543. The van der Waals surface area contributed by atoms with Crippen molar-refractivity contribution in [1.82, 2.24) is 4.98 Å². The Bertz CT molecular complexity index is 332. The van der Waals surface area contributed by atoms with Crippen molar-refractivity contribution < 1.29 is 4.39 Å². The lowest BCUT2D eigenvalue weighted by Gasteiger charge is -2.12. The zero-order valence-corrected chi connectivity index (χ0v) is 9.94. The highest BCUT2D eigenvalue weighted by molar-refractivity contribution is 9.10. The molecule has 3 heteroatoms. The molecule has 1 nitrogen and oxygen atoms in total. The van der Waals surface area contributed by atoms with Crippen LogP contribution in [0.5, 0.6) is 0 Å². The number of hydrogen-bond donors (Lipinski definition) is 0. The predicted molar refractivity (Wildman–Crippen MR) is 58.0 cm³/mol. The molecule has 76 valence electrons. The largest absolute Gasteiger partial charge is 0.227 e. The van der Waals surface area contributed by atoms with Crippen LogP contribution in [0.25, 0.3) is 0 Å². The lowest BCUT2D eigenvalue weighted by Crippen LogP contribution is -2.01. The van der Waals surface area contributed by atoms with E-state index in [9.17, 15) is 4.39 Å². The van der Waals surface area contributed by atoms with E-state index in [1.54, 1.807) is 0 Å². The normalized spacial score (nSPS) is 16.4. The van der Waals surface area contributed by atoms with Crippen molar-refractivity contribution in [3.05, 3.63) is 27.7 Å². The molecule has 0 spiro atoms. The van der Waals surface area contributed by atoms with Gasteiger partial charge in [-0.2, -0.15) is 4.39 Å². The Morgan fingerprint density at radius 2 is 2.14 bits per heavy atom. The van der Waals surface area contributed by atoms with Crippen LogP contribution in [0.2, 0.25) is 0 Å². The summed E-state index contributed by atoms with van der Waals surface area (Å²) in [5.41, 5.74) is 2.15. The molecule has 1 aliphatic carbocycles. The summed E-state index contributed by atoms with van der Waals surface area (Å²) in [6, 6.07) is 1.88. The van der Waals surface area contributed by atoms with E-state index in [1.165, 1.54) is 5.56 Å². The Morgan fingerprint density at radius 1 is 1.50 bits per heavy atom. The van der Waals surface area contributed by atoms with Gasteiger partial charge in [-0.25, -0.2) is 4.98 Å². The van der Waals surface area contributed by atoms with Gasteiger partial charge in [0.15, 0.2) is 0 Å². The van der Waals surface area contributed by atoms with Gasteiger partial charge in [-0.15, -0.1) is 0 Å². The van der Waals surface area contributed by atoms with Gasteiger partial charge in [-0.05, 0) is 46.3 Å². The summed E-state index contributed by atoms with van der Waals surface area (Å²) in [6.07, 6.45) is 2.32. The van der Waals surface area contributed by atoms with Crippen LogP contribution in [0.4, 0.5) is 4.39 Å². The molecule has 0 aromatic carbocycles. The van der Waals surface area contributed by atoms with Gasteiger partial charge < -0.3 is 0 Å². The summed E-state index contributed by atoms with van der Waals surface area (Å²) in [6.45, 7) is 4.24. The average molecular weight is 258 g/mol. The zero-order valence-electron chi connectivity index (χ0n) is 8.35. The molecule has 2 rings (SSSR count). The highest BCUT2D eigenvalue weighted by atomic mass is 79.9. The molecule has 0 unspecified atom stereocenters. The van der Waals surface area contributed by atoms with Crippen LogP contribution in [0, 0.1) is 5.95 Å². The maximum absolute atomic E-state index is 13.3. The van der Waals surface area contributed by atoms with Gasteiger partial charge in [0.2, 0.25) is 5.95 Å². The summed E-state index contributed by atoms with van der Waals surface area (Å²) >= 11 is 3.18. The number of rotatable bonds is 2. The first-order chi connectivity index (χ1) is 6.59. The molecule has 0 aliphatic heterocycles. The fourth-order valence-corrected chi connectivity index (χ4v) is 1.98. The quantitative estimate of drug-likeness (QED) is 0.731. The highest BCUT2D eigenvalue weighted by Gasteiger charge is 2.29. The molecule has 0 radical (unpaired) electrons. The van der Waals surface area contributed by atoms with Crippen LogP contribution in [0.1, 0.15) is 49.8 Å². The second-order valence-electron chi connectivity index (χ2n) is 4.16.